The molecule has 0 atom stereocenters. The first-order valence-corrected chi connectivity index (χ1v) is 10.0. The van der Waals surface area contributed by atoms with E-state index in [-0.39, 0.29) is 12.0 Å². The quantitative estimate of drug-likeness (QED) is 0.341. The van der Waals surface area contributed by atoms with Gasteiger partial charge in [-0.1, -0.05) is 13.0 Å². The highest BCUT2D eigenvalue weighted by Crippen LogP contribution is 2.25. The van der Waals surface area contributed by atoms with E-state index in [1.165, 1.54) is 7.11 Å². The fourth-order valence-corrected chi connectivity index (χ4v) is 2.92. The Hall–Kier alpha value is -2.09. The second kappa shape index (κ2) is 11.2. The zero-order valence-electron chi connectivity index (χ0n) is 17.9. The molecule has 7 nitrogen and oxygen atoms in total. The van der Waals surface area contributed by atoms with Gasteiger partial charge in [0.05, 0.1) is 38.7 Å². The number of carbonyl (C=O) groups is 1. The molecule has 29 heavy (non-hydrogen) atoms. The summed E-state index contributed by atoms with van der Waals surface area (Å²) in [6, 6.07) is 7.73. The lowest BCUT2D eigenvalue weighted by molar-refractivity contribution is -0.272. The van der Waals surface area contributed by atoms with Crippen LogP contribution >= 0.6 is 0 Å². The normalized spacial score (nSPS) is 21.6. The molecular formula is C22H33NO6. The molecule has 162 valence electrons. The molecule has 0 aromatic heterocycles. The average molecular weight is 408 g/mol. The van der Waals surface area contributed by atoms with Gasteiger partial charge in [-0.3, -0.25) is 10.3 Å². The van der Waals surface area contributed by atoms with Crippen molar-refractivity contribution >= 4 is 11.7 Å². The predicted octanol–water partition coefficient (Wildman–Crippen LogP) is 3.69. The minimum Gasteiger partial charge on any atom is -0.491 e. The number of rotatable bonds is 11. The summed E-state index contributed by atoms with van der Waals surface area (Å²) < 4.78 is 21.4. The van der Waals surface area contributed by atoms with Gasteiger partial charge in [-0.2, -0.15) is 0 Å². The van der Waals surface area contributed by atoms with Crippen LogP contribution in [0, 0.1) is 5.92 Å². The van der Waals surface area contributed by atoms with Gasteiger partial charge in [-0.05, 0) is 56.5 Å². The van der Waals surface area contributed by atoms with Crippen LogP contribution in [-0.2, 0) is 23.8 Å². The van der Waals surface area contributed by atoms with Gasteiger partial charge in [0.1, 0.15) is 5.75 Å². The second-order valence-electron chi connectivity index (χ2n) is 7.54. The van der Waals surface area contributed by atoms with E-state index in [9.17, 15) is 4.79 Å². The number of hydrogen-bond donors (Lipinski definition) is 1. The number of ether oxygens (including phenoxy) is 4. The Bertz CT molecular complexity index is 650. The number of hydrogen-bond acceptors (Lipinski definition) is 7. The molecule has 0 saturated carbocycles. The molecule has 1 heterocycles. The molecule has 1 saturated heterocycles. The van der Waals surface area contributed by atoms with Gasteiger partial charge >= 0.3 is 5.97 Å². The van der Waals surface area contributed by atoms with Crippen molar-refractivity contribution in [2.45, 2.75) is 51.9 Å². The SMILES string of the molecule is C=C(NOCCCCC1COC(C)(C(=O)OC)OC1)c1ccc(OC(C)C)cc1. The van der Waals surface area contributed by atoms with E-state index in [4.69, 9.17) is 23.8 Å². The number of methoxy groups -OCH3 is 1. The molecular weight excluding hydrogens is 374 g/mol. The summed E-state index contributed by atoms with van der Waals surface area (Å²) in [5.41, 5.74) is 4.55. The zero-order chi connectivity index (χ0) is 21.3. The van der Waals surface area contributed by atoms with Crippen LogP contribution in [0.5, 0.6) is 5.75 Å². The maximum absolute atomic E-state index is 11.6. The van der Waals surface area contributed by atoms with Crippen LogP contribution in [0.4, 0.5) is 0 Å². The van der Waals surface area contributed by atoms with E-state index in [1.54, 1.807) is 6.92 Å². The largest absolute Gasteiger partial charge is 0.491 e. The predicted molar refractivity (Wildman–Crippen MR) is 110 cm³/mol. The van der Waals surface area contributed by atoms with Crippen molar-refractivity contribution in [3.63, 3.8) is 0 Å². The van der Waals surface area contributed by atoms with Crippen molar-refractivity contribution in [1.82, 2.24) is 5.48 Å². The van der Waals surface area contributed by atoms with Crippen LogP contribution < -0.4 is 10.2 Å². The molecule has 0 radical (unpaired) electrons. The van der Waals surface area contributed by atoms with E-state index in [1.807, 2.05) is 38.1 Å². The summed E-state index contributed by atoms with van der Waals surface area (Å²) in [5, 5.41) is 0. The minimum absolute atomic E-state index is 0.148. The first kappa shape index (κ1) is 23.2. The summed E-state index contributed by atoms with van der Waals surface area (Å²) in [6.07, 6.45) is 2.96. The van der Waals surface area contributed by atoms with E-state index < -0.39 is 11.8 Å². The Labute approximate surface area is 173 Å². The molecule has 0 amide bonds. The average Bonchev–Trinajstić information content (AvgIpc) is 2.71. The number of hydroxylamine groups is 1. The lowest BCUT2D eigenvalue weighted by atomic mass is 10.0. The van der Waals surface area contributed by atoms with Crippen LogP contribution in [0.15, 0.2) is 30.8 Å². The fourth-order valence-electron chi connectivity index (χ4n) is 2.92. The summed E-state index contributed by atoms with van der Waals surface area (Å²) in [6.45, 7) is 11.1. The molecule has 0 spiro atoms. The van der Waals surface area contributed by atoms with Gasteiger partial charge < -0.3 is 18.9 Å². The lowest BCUT2D eigenvalue weighted by Gasteiger charge is -2.35. The first-order valence-electron chi connectivity index (χ1n) is 10.0. The monoisotopic (exact) mass is 407 g/mol. The van der Waals surface area contributed by atoms with Crippen molar-refractivity contribution in [2.24, 2.45) is 5.92 Å². The fraction of sp³-hybridized carbons (Fsp3) is 0.591. The molecule has 1 aromatic carbocycles. The first-order chi connectivity index (χ1) is 13.8. The van der Waals surface area contributed by atoms with Crippen LogP contribution in [0.25, 0.3) is 5.70 Å². The standard InChI is InChI=1S/C22H33NO6/c1-16(2)29-20-11-9-19(10-12-20)17(3)23-28-13-7-6-8-18-14-26-22(4,27-15-18)21(24)25-5/h9-12,16,18,23H,3,6-8,13-15H2,1-2,4-5H3. The second-order valence-corrected chi connectivity index (χ2v) is 7.54. The van der Waals surface area contributed by atoms with Gasteiger partial charge in [0, 0.05) is 12.8 Å². The van der Waals surface area contributed by atoms with E-state index >= 15 is 0 Å². The third-order valence-corrected chi connectivity index (χ3v) is 4.62. The zero-order valence-corrected chi connectivity index (χ0v) is 17.9. The smallest absolute Gasteiger partial charge is 0.366 e. The highest BCUT2D eigenvalue weighted by Gasteiger charge is 2.41. The van der Waals surface area contributed by atoms with E-state index in [0.29, 0.717) is 25.5 Å². The van der Waals surface area contributed by atoms with Crippen LogP contribution in [-0.4, -0.2) is 44.8 Å². The lowest BCUT2D eigenvalue weighted by Crippen LogP contribution is -2.48. The molecule has 1 aromatic rings. The number of esters is 1. The molecule has 0 aliphatic carbocycles. The topological polar surface area (TPSA) is 75.3 Å². The third-order valence-electron chi connectivity index (χ3n) is 4.62. The Morgan fingerprint density at radius 3 is 2.48 bits per heavy atom. The Morgan fingerprint density at radius 2 is 1.90 bits per heavy atom. The molecule has 1 aliphatic rings. The summed E-state index contributed by atoms with van der Waals surface area (Å²) in [4.78, 5) is 17.1. The minimum atomic E-state index is -1.28. The maximum atomic E-state index is 11.6. The molecule has 1 N–H and O–H groups in total. The highest BCUT2D eigenvalue weighted by molar-refractivity contribution is 5.77. The molecule has 1 aliphatic heterocycles. The molecule has 7 heteroatoms. The highest BCUT2D eigenvalue weighted by atomic mass is 16.7. The maximum Gasteiger partial charge on any atom is 0.366 e. The summed E-state index contributed by atoms with van der Waals surface area (Å²) in [7, 11) is 1.32. The summed E-state index contributed by atoms with van der Waals surface area (Å²) >= 11 is 0. The third kappa shape index (κ3) is 7.34. The van der Waals surface area contributed by atoms with E-state index in [2.05, 4.69) is 12.1 Å². The molecule has 1 fully saturated rings. The molecule has 0 bridgehead atoms. The van der Waals surface area contributed by atoms with Crippen molar-refractivity contribution in [1.29, 1.82) is 0 Å². The van der Waals surface area contributed by atoms with Gasteiger partial charge in [-0.15, -0.1) is 0 Å². The number of unbranched alkanes of at least 4 members (excludes halogenated alkanes) is 1. The van der Waals surface area contributed by atoms with Gasteiger partial charge in [-0.25, -0.2) is 4.79 Å². The van der Waals surface area contributed by atoms with Crippen molar-refractivity contribution in [3.8, 4) is 5.75 Å². The van der Waals surface area contributed by atoms with Gasteiger partial charge in [0.2, 0.25) is 0 Å². The number of benzene rings is 1. The Morgan fingerprint density at radius 1 is 1.24 bits per heavy atom. The van der Waals surface area contributed by atoms with Gasteiger partial charge in [0.25, 0.3) is 5.79 Å². The number of nitrogens with one attached hydrogen (secondary N) is 1. The summed E-state index contributed by atoms with van der Waals surface area (Å²) in [5.74, 6) is -0.683. The van der Waals surface area contributed by atoms with Crippen LogP contribution in [0.2, 0.25) is 0 Å². The van der Waals surface area contributed by atoms with Crippen molar-refractivity contribution < 1.29 is 28.6 Å². The van der Waals surface area contributed by atoms with Crippen molar-refractivity contribution in [3.05, 3.63) is 36.4 Å². The molecule has 2 rings (SSSR count). The Balaban J connectivity index is 1.57. The van der Waals surface area contributed by atoms with Crippen LogP contribution in [0.3, 0.4) is 0 Å². The van der Waals surface area contributed by atoms with Gasteiger partial charge in [0.15, 0.2) is 0 Å². The van der Waals surface area contributed by atoms with E-state index in [0.717, 1.165) is 30.6 Å². The Kier molecular flexibility index (Phi) is 8.95. The van der Waals surface area contributed by atoms with Crippen LogP contribution in [0.1, 0.15) is 45.6 Å². The van der Waals surface area contributed by atoms with Crippen molar-refractivity contribution in [2.75, 3.05) is 26.9 Å². The molecule has 0 unspecified atom stereocenters. The number of carbonyl (C=O) groups excluding carboxylic acids is 1.